The number of carboxylic acid groups (broad SMARTS) is 1. The monoisotopic (exact) mass is 298 g/mol. The Hall–Kier alpha value is -2.66. The molecule has 0 bridgehead atoms. The SMILES string of the molecule is O=C([O-])c1ccc(-n2nncc2-c2ccc(Cl)cc2)cc1. The number of rotatable bonds is 3. The van der Waals surface area contributed by atoms with Crippen molar-refractivity contribution < 1.29 is 9.90 Å². The lowest BCUT2D eigenvalue weighted by molar-refractivity contribution is -0.255. The van der Waals surface area contributed by atoms with Crippen LogP contribution in [-0.2, 0) is 0 Å². The Labute approximate surface area is 125 Å². The first-order valence-electron chi connectivity index (χ1n) is 6.13. The molecule has 0 atom stereocenters. The van der Waals surface area contributed by atoms with E-state index >= 15 is 0 Å². The van der Waals surface area contributed by atoms with Gasteiger partial charge in [0.25, 0.3) is 0 Å². The van der Waals surface area contributed by atoms with Crippen molar-refractivity contribution in [3.63, 3.8) is 0 Å². The van der Waals surface area contributed by atoms with Gasteiger partial charge in [-0.1, -0.05) is 41.1 Å². The van der Waals surface area contributed by atoms with E-state index in [9.17, 15) is 9.90 Å². The molecule has 0 aliphatic carbocycles. The van der Waals surface area contributed by atoms with Gasteiger partial charge in [-0.25, -0.2) is 4.68 Å². The van der Waals surface area contributed by atoms with Crippen molar-refractivity contribution in [2.75, 3.05) is 0 Å². The summed E-state index contributed by atoms with van der Waals surface area (Å²) >= 11 is 5.88. The normalized spacial score (nSPS) is 10.5. The van der Waals surface area contributed by atoms with Crippen LogP contribution in [0.25, 0.3) is 16.9 Å². The summed E-state index contributed by atoms with van der Waals surface area (Å²) in [5.41, 5.74) is 2.52. The van der Waals surface area contributed by atoms with E-state index in [0.29, 0.717) is 10.7 Å². The van der Waals surface area contributed by atoms with Crippen LogP contribution in [-0.4, -0.2) is 21.0 Å². The molecule has 0 aliphatic rings. The minimum Gasteiger partial charge on any atom is -0.545 e. The average Bonchev–Trinajstić information content (AvgIpc) is 2.97. The Morgan fingerprint density at radius 1 is 1.05 bits per heavy atom. The lowest BCUT2D eigenvalue weighted by Crippen LogP contribution is -2.22. The predicted molar refractivity (Wildman–Crippen MR) is 76.1 cm³/mol. The van der Waals surface area contributed by atoms with Crippen molar-refractivity contribution in [3.05, 3.63) is 65.3 Å². The highest BCUT2D eigenvalue weighted by molar-refractivity contribution is 6.30. The molecule has 3 aromatic rings. The second-order valence-corrected chi connectivity index (χ2v) is 4.81. The molecule has 0 radical (unpaired) electrons. The number of hydrogen-bond donors (Lipinski definition) is 0. The molecule has 6 heteroatoms. The lowest BCUT2D eigenvalue weighted by Gasteiger charge is -2.08. The summed E-state index contributed by atoms with van der Waals surface area (Å²) in [6.45, 7) is 0. The number of aromatic nitrogens is 3. The fourth-order valence-electron chi connectivity index (χ4n) is 1.98. The fraction of sp³-hybridized carbons (Fsp3) is 0. The number of carboxylic acids is 1. The van der Waals surface area contributed by atoms with E-state index in [1.807, 2.05) is 12.1 Å². The van der Waals surface area contributed by atoms with E-state index < -0.39 is 5.97 Å². The maximum absolute atomic E-state index is 10.8. The topological polar surface area (TPSA) is 70.8 Å². The number of carbonyl (C=O) groups excluding carboxylic acids is 1. The molecule has 0 saturated carbocycles. The third-order valence-electron chi connectivity index (χ3n) is 3.04. The van der Waals surface area contributed by atoms with Crippen molar-refractivity contribution >= 4 is 17.6 Å². The second-order valence-electron chi connectivity index (χ2n) is 4.37. The number of benzene rings is 2. The van der Waals surface area contributed by atoms with Gasteiger partial charge in [0.2, 0.25) is 0 Å². The number of halogens is 1. The van der Waals surface area contributed by atoms with Gasteiger partial charge < -0.3 is 9.90 Å². The summed E-state index contributed by atoms with van der Waals surface area (Å²) in [6, 6.07) is 13.6. The van der Waals surface area contributed by atoms with Crippen LogP contribution in [0.2, 0.25) is 5.02 Å². The summed E-state index contributed by atoms with van der Waals surface area (Å²) in [5.74, 6) is -1.21. The Kier molecular flexibility index (Phi) is 3.41. The van der Waals surface area contributed by atoms with Crippen molar-refractivity contribution in [1.82, 2.24) is 15.0 Å². The Bertz CT molecular complexity index is 779. The van der Waals surface area contributed by atoms with Crippen molar-refractivity contribution in [2.45, 2.75) is 0 Å². The van der Waals surface area contributed by atoms with E-state index in [4.69, 9.17) is 11.6 Å². The molecule has 1 aromatic heterocycles. The zero-order valence-electron chi connectivity index (χ0n) is 10.7. The maximum Gasteiger partial charge on any atom is 0.0944 e. The summed E-state index contributed by atoms with van der Waals surface area (Å²) in [5, 5.41) is 19.3. The van der Waals surface area contributed by atoms with Gasteiger partial charge in [-0.15, -0.1) is 5.10 Å². The molecule has 21 heavy (non-hydrogen) atoms. The molecular formula is C15H9ClN3O2-. The first kappa shape index (κ1) is 13.3. The van der Waals surface area contributed by atoms with Gasteiger partial charge in [-0.3, -0.25) is 0 Å². The van der Waals surface area contributed by atoms with Crippen LogP contribution >= 0.6 is 11.6 Å². The number of aromatic carboxylic acids is 1. The summed E-state index contributed by atoms with van der Waals surface area (Å²) in [6.07, 6.45) is 1.63. The van der Waals surface area contributed by atoms with E-state index in [1.54, 1.807) is 35.1 Å². The third-order valence-corrected chi connectivity index (χ3v) is 3.29. The number of nitrogens with zero attached hydrogens (tertiary/aromatic N) is 3. The standard InChI is InChI=1S/C15H10ClN3O2/c16-12-5-1-10(2-6-12)14-9-17-18-19(14)13-7-3-11(4-8-13)15(20)21/h1-9H,(H,20,21)/p-1. The molecule has 1 heterocycles. The molecule has 0 spiro atoms. The van der Waals surface area contributed by atoms with Crippen molar-refractivity contribution in [3.8, 4) is 16.9 Å². The minimum atomic E-state index is -1.21. The average molecular weight is 299 g/mol. The van der Waals surface area contributed by atoms with Crippen LogP contribution in [0.15, 0.2) is 54.7 Å². The summed E-state index contributed by atoms with van der Waals surface area (Å²) < 4.78 is 1.63. The molecule has 2 aromatic carbocycles. The zero-order valence-corrected chi connectivity index (χ0v) is 11.5. The lowest BCUT2D eigenvalue weighted by atomic mass is 10.1. The van der Waals surface area contributed by atoms with Gasteiger partial charge in [0.15, 0.2) is 0 Å². The zero-order chi connectivity index (χ0) is 14.8. The van der Waals surface area contributed by atoms with Crippen LogP contribution < -0.4 is 5.11 Å². The maximum atomic E-state index is 10.8. The Balaban J connectivity index is 2.02. The van der Waals surface area contributed by atoms with Crippen LogP contribution in [0.1, 0.15) is 10.4 Å². The Morgan fingerprint density at radius 3 is 2.33 bits per heavy atom. The second kappa shape index (κ2) is 5.38. The van der Waals surface area contributed by atoms with Crippen LogP contribution in [0, 0.1) is 0 Å². The molecule has 5 nitrogen and oxygen atoms in total. The first-order valence-corrected chi connectivity index (χ1v) is 6.51. The molecular weight excluding hydrogens is 290 g/mol. The highest BCUT2D eigenvalue weighted by Crippen LogP contribution is 2.23. The van der Waals surface area contributed by atoms with E-state index in [-0.39, 0.29) is 5.56 Å². The number of carbonyl (C=O) groups is 1. The van der Waals surface area contributed by atoms with Crippen molar-refractivity contribution in [1.29, 1.82) is 0 Å². The van der Waals surface area contributed by atoms with E-state index in [1.165, 1.54) is 12.1 Å². The molecule has 3 rings (SSSR count). The largest absolute Gasteiger partial charge is 0.545 e. The predicted octanol–water partition coefficient (Wildman–Crippen LogP) is 1.95. The molecule has 0 saturated heterocycles. The van der Waals surface area contributed by atoms with E-state index in [2.05, 4.69) is 10.3 Å². The fourth-order valence-corrected chi connectivity index (χ4v) is 2.11. The molecule has 0 amide bonds. The van der Waals surface area contributed by atoms with Gasteiger partial charge in [0.1, 0.15) is 0 Å². The van der Waals surface area contributed by atoms with Gasteiger partial charge in [0, 0.05) is 10.6 Å². The van der Waals surface area contributed by atoms with Gasteiger partial charge in [0.05, 0.1) is 23.5 Å². The molecule has 104 valence electrons. The van der Waals surface area contributed by atoms with Crippen LogP contribution in [0.3, 0.4) is 0 Å². The molecule has 0 unspecified atom stereocenters. The Morgan fingerprint density at radius 2 is 1.71 bits per heavy atom. The first-order chi connectivity index (χ1) is 10.1. The quantitative estimate of drug-likeness (QED) is 0.741. The number of hydrogen-bond acceptors (Lipinski definition) is 4. The highest BCUT2D eigenvalue weighted by Gasteiger charge is 2.08. The minimum absolute atomic E-state index is 0.118. The van der Waals surface area contributed by atoms with Gasteiger partial charge >= 0.3 is 0 Å². The van der Waals surface area contributed by atoms with Crippen LogP contribution in [0.4, 0.5) is 0 Å². The van der Waals surface area contributed by atoms with Gasteiger partial charge in [-0.2, -0.15) is 0 Å². The summed E-state index contributed by atoms with van der Waals surface area (Å²) in [7, 11) is 0. The molecule has 0 N–H and O–H groups in total. The smallest absolute Gasteiger partial charge is 0.0944 e. The van der Waals surface area contributed by atoms with Crippen molar-refractivity contribution in [2.24, 2.45) is 0 Å². The van der Waals surface area contributed by atoms with E-state index in [0.717, 1.165) is 11.3 Å². The third kappa shape index (κ3) is 2.64. The van der Waals surface area contributed by atoms with Gasteiger partial charge in [-0.05, 0) is 29.8 Å². The molecule has 0 aliphatic heterocycles. The molecule has 0 fully saturated rings. The highest BCUT2D eigenvalue weighted by atomic mass is 35.5. The summed E-state index contributed by atoms with van der Waals surface area (Å²) in [4.78, 5) is 10.8. The van der Waals surface area contributed by atoms with Crippen LogP contribution in [0.5, 0.6) is 0 Å².